The van der Waals surface area contributed by atoms with Gasteiger partial charge in [0.05, 0.1) is 26.4 Å². The van der Waals surface area contributed by atoms with Gasteiger partial charge in [0.1, 0.15) is 0 Å². The Morgan fingerprint density at radius 1 is 0.909 bits per heavy atom. The van der Waals surface area contributed by atoms with Gasteiger partial charge in [-0.2, -0.15) is 0 Å². The Labute approximate surface area is 79.0 Å². The summed E-state index contributed by atoms with van der Waals surface area (Å²) in [7, 11) is 0. The molecule has 0 bridgehead atoms. The Bertz CT molecular complexity index is 272. The predicted octanol–water partition coefficient (Wildman–Crippen LogP) is 2.81. The summed E-state index contributed by atoms with van der Waals surface area (Å²) >= 11 is 16.9. The summed E-state index contributed by atoms with van der Waals surface area (Å²) < 4.78 is 0. The summed E-state index contributed by atoms with van der Waals surface area (Å²) in [6, 6.07) is 1.46. The third kappa shape index (κ3) is 1.48. The molecule has 0 aliphatic carbocycles. The largest absolute Gasteiger partial charge is 0.396 e. The molecule has 0 saturated heterocycles. The molecule has 0 heterocycles. The average molecular weight is 211 g/mol. The maximum atomic E-state index is 5.66. The lowest BCUT2D eigenvalue weighted by molar-refractivity contribution is 1.66. The molecule has 0 unspecified atom stereocenters. The molecule has 1 aromatic rings. The molecular formula is C6H5Cl3N2. The molecule has 0 spiro atoms. The number of hydrogen-bond acceptors (Lipinski definition) is 2. The third-order valence-electron chi connectivity index (χ3n) is 1.25. The fourth-order valence-corrected chi connectivity index (χ4v) is 1.26. The number of anilines is 2. The van der Waals surface area contributed by atoms with Gasteiger partial charge in [-0.25, -0.2) is 0 Å². The van der Waals surface area contributed by atoms with Crippen molar-refractivity contribution < 1.29 is 0 Å². The number of benzene rings is 1. The van der Waals surface area contributed by atoms with E-state index in [1.54, 1.807) is 0 Å². The molecule has 4 N–H and O–H groups in total. The van der Waals surface area contributed by atoms with Crippen LogP contribution >= 0.6 is 34.8 Å². The van der Waals surface area contributed by atoms with Crippen LogP contribution in [0.5, 0.6) is 0 Å². The molecule has 0 amide bonds. The first-order valence-electron chi connectivity index (χ1n) is 2.72. The highest BCUT2D eigenvalue weighted by Crippen LogP contribution is 2.37. The summed E-state index contributed by atoms with van der Waals surface area (Å²) in [5.74, 6) is 0. The van der Waals surface area contributed by atoms with Crippen molar-refractivity contribution in [2.24, 2.45) is 0 Å². The Morgan fingerprint density at radius 2 is 1.45 bits per heavy atom. The average Bonchev–Trinajstić information content (AvgIpc) is 1.97. The van der Waals surface area contributed by atoms with Crippen LogP contribution in [0.1, 0.15) is 0 Å². The van der Waals surface area contributed by atoms with Gasteiger partial charge in [-0.05, 0) is 6.07 Å². The minimum atomic E-state index is 0.226. The van der Waals surface area contributed by atoms with Gasteiger partial charge in [0, 0.05) is 0 Å². The van der Waals surface area contributed by atoms with Crippen LogP contribution in [0, 0.1) is 0 Å². The molecule has 0 atom stereocenters. The third-order valence-corrected chi connectivity index (χ3v) is 2.36. The first-order chi connectivity index (χ1) is 5.04. The van der Waals surface area contributed by atoms with Crippen molar-refractivity contribution >= 4 is 46.2 Å². The highest BCUT2D eigenvalue weighted by atomic mass is 35.5. The quantitative estimate of drug-likeness (QED) is 0.512. The van der Waals surface area contributed by atoms with Gasteiger partial charge < -0.3 is 11.5 Å². The van der Waals surface area contributed by atoms with Crippen LogP contribution in [0.15, 0.2) is 6.07 Å². The molecule has 0 aliphatic rings. The van der Waals surface area contributed by atoms with Crippen LogP contribution in [-0.4, -0.2) is 0 Å². The SMILES string of the molecule is Nc1c(Cl)cc(Cl)c(Cl)c1N. The Morgan fingerprint density at radius 3 is 2.00 bits per heavy atom. The van der Waals surface area contributed by atoms with Gasteiger partial charge in [-0.1, -0.05) is 34.8 Å². The minimum Gasteiger partial charge on any atom is -0.396 e. The summed E-state index contributed by atoms with van der Waals surface area (Å²) in [6.07, 6.45) is 0. The van der Waals surface area contributed by atoms with E-state index in [4.69, 9.17) is 46.3 Å². The second kappa shape index (κ2) is 2.97. The molecule has 0 aliphatic heterocycles. The van der Waals surface area contributed by atoms with Gasteiger partial charge in [0.25, 0.3) is 0 Å². The van der Waals surface area contributed by atoms with E-state index >= 15 is 0 Å². The van der Waals surface area contributed by atoms with Crippen LogP contribution < -0.4 is 11.5 Å². The lowest BCUT2D eigenvalue weighted by Crippen LogP contribution is -1.96. The number of nitrogens with two attached hydrogens (primary N) is 2. The lowest BCUT2D eigenvalue weighted by Gasteiger charge is -2.05. The Balaban J connectivity index is 3.46. The maximum absolute atomic E-state index is 5.66. The molecule has 60 valence electrons. The van der Waals surface area contributed by atoms with E-state index < -0.39 is 0 Å². The molecule has 11 heavy (non-hydrogen) atoms. The van der Waals surface area contributed by atoms with E-state index in [0.717, 1.165) is 0 Å². The van der Waals surface area contributed by atoms with Gasteiger partial charge >= 0.3 is 0 Å². The number of halogens is 3. The van der Waals surface area contributed by atoms with Gasteiger partial charge in [0.2, 0.25) is 0 Å². The Hall–Kier alpha value is -0.310. The number of hydrogen-bond donors (Lipinski definition) is 2. The zero-order chi connectivity index (χ0) is 8.59. The molecule has 0 aromatic heterocycles. The number of rotatable bonds is 0. The zero-order valence-electron chi connectivity index (χ0n) is 5.37. The van der Waals surface area contributed by atoms with Crippen molar-refractivity contribution in [3.8, 4) is 0 Å². The van der Waals surface area contributed by atoms with Crippen LogP contribution in [-0.2, 0) is 0 Å². The molecular weight excluding hydrogens is 206 g/mol. The lowest BCUT2D eigenvalue weighted by atomic mass is 10.3. The fraction of sp³-hybridized carbons (Fsp3) is 0. The normalized spacial score (nSPS) is 10.1. The van der Waals surface area contributed by atoms with Crippen molar-refractivity contribution in [1.82, 2.24) is 0 Å². The van der Waals surface area contributed by atoms with Gasteiger partial charge in [-0.15, -0.1) is 0 Å². The van der Waals surface area contributed by atoms with Crippen molar-refractivity contribution in [2.45, 2.75) is 0 Å². The highest BCUT2D eigenvalue weighted by molar-refractivity contribution is 6.46. The van der Waals surface area contributed by atoms with E-state index in [9.17, 15) is 0 Å². The smallest absolute Gasteiger partial charge is 0.0843 e. The Kier molecular flexibility index (Phi) is 2.37. The molecule has 1 aromatic carbocycles. The second-order valence-electron chi connectivity index (χ2n) is 1.98. The summed E-state index contributed by atoms with van der Waals surface area (Å²) in [6.45, 7) is 0. The topological polar surface area (TPSA) is 52.0 Å². The number of nitrogen functional groups attached to an aromatic ring is 2. The van der Waals surface area contributed by atoms with E-state index in [1.807, 2.05) is 0 Å². The van der Waals surface area contributed by atoms with Gasteiger partial charge in [0.15, 0.2) is 0 Å². The molecule has 5 heteroatoms. The maximum Gasteiger partial charge on any atom is 0.0843 e. The van der Waals surface area contributed by atoms with Crippen LogP contribution in [0.25, 0.3) is 0 Å². The molecule has 2 nitrogen and oxygen atoms in total. The van der Waals surface area contributed by atoms with Crippen molar-refractivity contribution in [1.29, 1.82) is 0 Å². The standard InChI is InChI=1S/C6H5Cl3N2/c7-2-1-3(8)5(10)6(11)4(2)9/h1H,10-11H2. The van der Waals surface area contributed by atoms with Crippen LogP contribution in [0.3, 0.4) is 0 Å². The van der Waals surface area contributed by atoms with Crippen LogP contribution in [0.4, 0.5) is 11.4 Å². The van der Waals surface area contributed by atoms with Gasteiger partial charge in [-0.3, -0.25) is 0 Å². The van der Waals surface area contributed by atoms with E-state index in [1.165, 1.54) is 6.07 Å². The summed E-state index contributed by atoms with van der Waals surface area (Å²) in [4.78, 5) is 0. The fourth-order valence-electron chi connectivity index (χ4n) is 0.628. The minimum absolute atomic E-state index is 0.226. The van der Waals surface area contributed by atoms with Crippen LogP contribution in [0.2, 0.25) is 15.1 Å². The summed E-state index contributed by atoms with van der Waals surface area (Å²) in [5.41, 5.74) is 11.4. The molecule has 0 fully saturated rings. The van der Waals surface area contributed by atoms with E-state index in [0.29, 0.717) is 10.0 Å². The van der Waals surface area contributed by atoms with Crippen molar-refractivity contribution in [3.05, 3.63) is 21.1 Å². The van der Waals surface area contributed by atoms with E-state index in [-0.39, 0.29) is 16.4 Å². The highest BCUT2D eigenvalue weighted by Gasteiger charge is 2.08. The first-order valence-corrected chi connectivity index (χ1v) is 3.86. The first kappa shape index (κ1) is 8.78. The van der Waals surface area contributed by atoms with Crippen molar-refractivity contribution in [3.63, 3.8) is 0 Å². The van der Waals surface area contributed by atoms with Crippen molar-refractivity contribution in [2.75, 3.05) is 11.5 Å². The predicted molar refractivity (Wildman–Crippen MR) is 50.3 cm³/mol. The summed E-state index contributed by atoms with van der Waals surface area (Å²) in [5, 5.41) is 0.869. The zero-order valence-corrected chi connectivity index (χ0v) is 7.63. The molecule has 1 rings (SSSR count). The van der Waals surface area contributed by atoms with E-state index in [2.05, 4.69) is 0 Å². The second-order valence-corrected chi connectivity index (χ2v) is 3.17. The monoisotopic (exact) mass is 210 g/mol. The molecule has 0 saturated carbocycles. The molecule has 0 radical (unpaired) electrons.